The molecule has 1 fully saturated rings. The second-order valence-electron chi connectivity index (χ2n) is 6.09. The minimum absolute atomic E-state index is 0.109. The second-order valence-corrected chi connectivity index (χ2v) is 6.09. The van der Waals surface area contributed by atoms with Crippen molar-refractivity contribution in [2.45, 2.75) is 51.6 Å². The predicted octanol–water partition coefficient (Wildman–Crippen LogP) is 1.93. The Labute approximate surface area is 142 Å². The first kappa shape index (κ1) is 18.0. The highest BCUT2D eigenvalue weighted by Gasteiger charge is 2.17. The van der Waals surface area contributed by atoms with Crippen molar-refractivity contribution in [3.8, 4) is 0 Å². The van der Waals surface area contributed by atoms with E-state index in [9.17, 15) is 14.4 Å². The highest BCUT2D eigenvalue weighted by atomic mass is 16.5. The van der Waals surface area contributed by atoms with Crippen LogP contribution in [-0.2, 0) is 20.9 Å². The van der Waals surface area contributed by atoms with Gasteiger partial charge in [-0.2, -0.15) is 0 Å². The van der Waals surface area contributed by atoms with Crippen LogP contribution in [0.2, 0.25) is 0 Å². The number of carbonyl (C=O) groups is 3. The lowest BCUT2D eigenvalue weighted by atomic mass is 9.95. The maximum atomic E-state index is 11.9. The van der Waals surface area contributed by atoms with Crippen LogP contribution in [0, 0.1) is 0 Å². The average molecular weight is 332 g/mol. The molecule has 6 nitrogen and oxygen atoms in total. The Morgan fingerprint density at radius 1 is 1.08 bits per heavy atom. The third-order valence-corrected chi connectivity index (χ3v) is 4.04. The lowest BCUT2D eigenvalue weighted by Crippen LogP contribution is -2.38. The van der Waals surface area contributed by atoms with Crippen LogP contribution in [0.5, 0.6) is 0 Å². The number of esters is 1. The summed E-state index contributed by atoms with van der Waals surface area (Å²) in [6.07, 6.45) is 5.48. The minimum Gasteiger partial charge on any atom is -0.452 e. The summed E-state index contributed by atoms with van der Waals surface area (Å²) in [5, 5.41) is 5.59. The minimum atomic E-state index is -0.528. The Kier molecular flexibility index (Phi) is 6.78. The number of ether oxygens (including phenoxy) is 1. The molecule has 130 valence electrons. The Morgan fingerprint density at radius 2 is 1.75 bits per heavy atom. The zero-order chi connectivity index (χ0) is 17.4. The van der Waals surface area contributed by atoms with E-state index in [0.717, 1.165) is 31.2 Å². The number of hydrogen-bond donors (Lipinski definition) is 2. The van der Waals surface area contributed by atoms with Crippen LogP contribution in [0.4, 0.5) is 0 Å². The van der Waals surface area contributed by atoms with Crippen molar-refractivity contribution in [1.29, 1.82) is 0 Å². The van der Waals surface area contributed by atoms with Gasteiger partial charge in [0.25, 0.3) is 5.91 Å². The van der Waals surface area contributed by atoms with Gasteiger partial charge in [-0.15, -0.1) is 0 Å². The molecule has 1 aromatic carbocycles. The molecule has 6 heteroatoms. The number of amides is 2. The van der Waals surface area contributed by atoms with Crippen molar-refractivity contribution in [3.05, 3.63) is 35.4 Å². The highest BCUT2D eigenvalue weighted by molar-refractivity contribution is 5.91. The fourth-order valence-corrected chi connectivity index (χ4v) is 2.72. The number of rotatable bonds is 6. The van der Waals surface area contributed by atoms with Crippen LogP contribution < -0.4 is 10.6 Å². The van der Waals surface area contributed by atoms with E-state index in [-0.39, 0.29) is 24.5 Å². The van der Waals surface area contributed by atoms with E-state index < -0.39 is 5.97 Å². The van der Waals surface area contributed by atoms with Crippen molar-refractivity contribution in [3.63, 3.8) is 0 Å². The molecule has 0 unspecified atom stereocenters. The van der Waals surface area contributed by atoms with Crippen LogP contribution in [0.1, 0.15) is 54.9 Å². The van der Waals surface area contributed by atoms with Gasteiger partial charge in [0, 0.05) is 19.5 Å². The number of benzene rings is 1. The smallest absolute Gasteiger partial charge is 0.338 e. The lowest BCUT2D eigenvalue weighted by molar-refractivity contribution is -0.125. The molecule has 24 heavy (non-hydrogen) atoms. The van der Waals surface area contributed by atoms with E-state index >= 15 is 0 Å². The Balaban J connectivity index is 1.75. The first-order chi connectivity index (χ1) is 11.5. The maximum Gasteiger partial charge on any atom is 0.338 e. The van der Waals surface area contributed by atoms with Gasteiger partial charge >= 0.3 is 5.97 Å². The number of nitrogens with one attached hydrogen (secondary N) is 2. The zero-order valence-corrected chi connectivity index (χ0v) is 14.0. The molecule has 0 aliphatic heterocycles. The molecule has 0 aromatic heterocycles. The first-order valence-corrected chi connectivity index (χ1v) is 8.34. The second kappa shape index (κ2) is 9.05. The van der Waals surface area contributed by atoms with Gasteiger partial charge < -0.3 is 15.4 Å². The third kappa shape index (κ3) is 6.02. The molecule has 2 amide bonds. The van der Waals surface area contributed by atoms with Gasteiger partial charge in [-0.1, -0.05) is 31.4 Å². The molecular weight excluding hydrogens is 308 g/mol. The summed E-state index contributed by atoms with van der Waals surface area (Å²) in [7, 11) is 0. The first-order valence-electron chi connectivity index (χ1n) is 8.34. The van der Waals surface area contributed by atoms with E-state index in [2.05, 4.69) is 10.6 Å². The summed E-state index contributed by atoms with van der Waals surface area (Å²) in [6.45, 7) is 1.60. The quantitative estimate of drug-likeness (QED) is 0.780. The zero-order valence-electron chi connectivity index (χ0n) is 14.0. The standard InChI is InChI=1S/C18H24N2O4/c1-13(21)19-11-14-7-9-15(10-8-14)18(23)24-12-17(22)20-16-5-3-2-4-6-16/h7-10,16H,2-6,11-12H2,1H3,(H,19,21)(H,20,22). The van der Waals surface area contributed by atoms with Crippen LogP contribution in [0.15, 0.2) is 24.3 Å². The topological polar surface area (TPSA) is 84.5 Å². The van der Waals surface area contributed by atoms with Crippen molar-refractivity contribution in [1.82, 2.24) is 10.6 Å². The summed E-state index contributed by atoms with van der Waals surface area (Å²) in [4.78, 5) is 34.6. The van der Waals surface area contributed by atoms with E-state index in [4.69, 9.17) is 4.74 Å². The monoisotopic (exact) mass is 332 g/mol. The molecular formula is C18H24N2O4. The van der Waals surface area contributed by atoms with E-state index in [1.54, 1.807) is 24.3 Å². The van der Waals surface area contributed by atoms with Crippen molar-refractivity contribution < 1.29 is 19.1 Å². The molecule has 1 aliphatic carbocycles. The van der Waals surface area contributed by atoms with Crippen LogP contribution in [-0.4, -0.2) is 30.4 Å². The van der Waals surface area contributed by atoms with Gasteiger partial charge in [0.05, 0.1) is 5.56 Å². The Bertz CT molecular complexity index is 577. The van der Waals surface area contributed by atoms with Crippen LogP contribution >= 0.6 is 0 Å². The number of carbonyl (C=O) groups excluding carboxylic acids is 3. The molecule has 1 aromatic rings. The molecule has 0 spiro atoms. The van der Waals surface area contributed by atoms with E-state index in [1.807, 2.05) is 0 Å². The molecule has 1 aliphatic rings. The number of hydrogen-bond acceptors (Lipinski definition) is 4. The third-order valence-electron chi connectivity index (χ3n) is 4.04. The molecule has 0 bridgehead atoms. The molecule has 0 radical (unpaired) electrons. The Hall–Kier alpha value is -2.37. The van der Waals surface area contributed by atoms with Crippen molar-refractivity contribution >= 4 is 17.8 Å². The molecule has 0 saturated heterocycles. The van der Waals surface area contributed by atoms with Gasteiger partial charge in [-0.25, -0.2) is 4.79 Å². The summed E-state index contributed by atoms with van der Waals surface area (Å²) < 4.78 is 5.05. The average Bonchev–Trinajstić information content (AvgIpc) is 2.59. The molecule has 0 atom stereocenters. The maximum absolute atomic E-state index is 11.9. The van der Waals surface area contributed by atoms with E-state index in [0.29, 0.717) is 12.1 Å². The molecule has 2 N–H and O–H groups in total. The van der Waals surface area contributed by atoms with Gasteiger partial charge in [0.15, 0.2) is 6.61 Å². The normalized spacial score (nSPS) is 14.7. The summed E-state index contributed by atoms with van der Waals surface area (Å²) in [5.74, 6) is -0.889. The summed E-state index contributed by atoms with van der Waals surface area (Å²) in [5.41, 5.74) is 1.27. The largest absolute Gasteiger partial charge is 0.452 e. The Morgan fingerprint density at radius 3 is 2.38 bits per heavy atom. The molecule has 1 saturated carbocycles. The van der Waals surface area contributed by atoms with Gasteiger partial charge in [0.1, 0.15) is 0 Å². The van der Waals surface area contributed by atoms with Gasteiger partial charge in [-0.3, -0.25) is 9.59 Å². The van der Waals surface area contributed by atoms with Gasteiger partial charge in [-0.05, 0) is 30.5 Å². The van der Waals surface area contributed by atoms with Crippen LogP contribution in [0.25, 0.3) is 0 Å². The van der Waals surface area contributed by atoms with E-state index in [1.165, 1.54) is 13.3 Å². The summed E-state index contributed by atoms with van der Waals surface area (Å²) in [6, 6.07) is 6.94. The predicted molar refractivity (Wildman–Crippen MR) is 89.3 cm³/mol. The van der Waals surface area contributed by atoms with Crippen LogP contribution in [0.3, 0.4) is 0 Å². The fourth-order valence-electron chi connectivity index (χ4n) is 2.72. The fraction of sp³-hybridized carbons (Fsp3) is 0.500. The van der Waals surface area contributed by atoms with Crippen molar-refractivity contribution in [2.24, 2.45) is 0 Å². The van der Waals surface area contributed by atoms with Crippen molar-refractivity contribution in [2.75, 3.05) is 6.61 Å². The highest BCUT2D eigenvalue weighted by Crippen LogP contribution is 2.17. The molecule has 2 rings (SSSR count). The lowest BCUT2D eigenvalue weighted by Gasteiger charge is -2.22. The molecule has 0 heterocycles. The SMILES string of the molecule is CC(=O)NCc1ccc(C(=O)OCC(=O)NC2CCCCC2)cc1. The van der Waals surface area contributed by atoms with Gasteiger partial charge in [0.2, 0.25) is 5.91 Å². The summed E-state index contributed by atoms with van der Waals surface area (Å²) >= 11 is 0.